The van der Waals surface area contributed by atoms with E-state index in [0.29, 0.717) is 57.3 Å². The van der Waals surface area contributed by atoms with Crippen LogP contribution in [0.4, 0.5) is 11.6 Å². The van der Waals surface area contributed by atoms with Gasteiger partial charge in [-0.3, -0.25) is 4.79 Å². The first-order valence-electron chi connectivity index (χ1n) is 11.6. The number of nitrogens with zero attached hydrogens (tertiary/aromatic N) is 3. The summed E-state index contributed by atoms with van der Waals surface area (Å²) in [4.78, 5) is 18.3. The average Bonchev–Trinajstić information content (AvgIpc) is 3.53. The van der Waals surface area contributed by atoms with E-state index in [2.05, 4.69) is 10.6 Å². The van der Waals surface area contributed by atoms with E-state index in [1.54, 1.807) is 38.1 Å². The predicted molar refractivity (Wildman–Crippen MR) is 138 cm³/mol. The molecule has 10 nitrogen and oxygen atoms in total. The molecule has 0 aliphatic carbocycles. The Bertz CT molecular complexity index is 1460. The van der Waals surface area contributed by atoms with Crippen molar-refractivity contribution in [1.82, 2.24) is 14.8 Å². The van der Waals surface area contributed by atoms with Gasteiger partial charge in [0.1, 0.15) is 17.6 Å². The minimum Gasteiger partial charge on any atom is -0.493 e. The molecule has 2 aromatic heterocycles. The van der Waals surface area contributed by atoms with Crippen molar-refractivity contribution in [3.8, 4) is 28.6 Å². The number of rotatable bonds is 7. The minimum atomic E-state index is -0.642. The lowest BCUT2D eigenvalue weighted by molar-refractivity contribution is -0.113. The van der Waals surface area contributed by atoms with Crippen LogP contribution in [0.1, 0.15) is 24.5 Å². The second-order valence-corrected chi connectivity index (χ2v) is 8.45. The number of hydrogen-bond donors (Lipinski definition) is 2. The third-order valence-corrected chi connectivity index (χ3v) is 6.08. The molecule has 0 spiro atoms. The maximum Gasteiger partial charge on any atom is 0.256 e. The van der Waals surface area contributed by atoms with Crippen LogP contribution in [0.2, 0.25) is 0 Å². The first-order chi connectivity index (χ1) is 17.9. The van der Waals surface area contributed by atoms with E-state index in [1.165, 1.54) is 0 Å². The van der Waals surface area contributed by atoms with Gasteiger partial charge in [0.05, 0.1) is 26.9 Å². The number of aryl methyl sites for hydroxylation is 1. The first kappa shape index (κ1) is 24.0. The number of carbonyl (C=O) groups excluding carboxylic acids is 1. The van der Waals surface area contributed by atoms with Crippen LogP contribution < -0.4 is 24.8 Å². The number of allylic oxidation sites excluding steroid dienone is 1. The first-order valence-corrected chi connectivity index (χ1v) is 11.6. The van der Waals surface area contributed by atoms with Crippen LogP contribution in [0.3, 0.4) is 0 Å². The van der Waals surface area contributed by atoms with E-state index in [-0.39, 0.29) is 5.91 Å². The highest BCUT2D eigenvalue weighted by Gasteiger charge is 2.36. The van der Waals surface area contributed by atoms with Crippen molar-refractivity contribution in [2.75, 3.05) is 32.0 Å². The summed E-state index contributed by atoms with van der Waals surface area (Å²) in [5.41, 5.74) is 2.45. The van der Waals surface area contributed by atoms with Crippen molar-refractivity contribution in [2.24, 2.45) is 0 Å². The molecule has 4 aromatic rings. The lowest BCUT2D eigenvalue weighted by Crippen LogP contribution is -2.31. The van der Waals surface area contributed by atoms with Crippen LogP contribution in [0.15, 0.2) is 70.3 Å². The summed E-state index contributed by atoms with van der Waals surface area (Å²) >= 11 is 0. The van der Waals surface area contributed by atoms with Gasteiger partial charge in [0, 0.05) is 16.9 Å². The average molecular weight is 502 g/mol. The van der Waals surface area contributed by atoms with Crippen molar-refractivity contribution in [1.29, 1.82) is 0 Å². The number of para-hydroxylation sites is 1. The Balaban J connectivity index is 1.60. The van der Waals surface area contributed by atoms with Crippen LogP contribution in [0, 0.1) is 6.92 Å². The molecular weight excluding hydrogens is 474 g/mol. The smallest absolute Gasteiger partial charge is 0.256 e. The van der Waals surface area contributed by atoms with Gasteiger partial charge >= 0.3 is 0 Å². The van der Waals surface area contributed by atoms with Crippen molar-refractivity contribution in [3.63, 3.8) is 0 Å². The Labute approximate surface area is 213 Å². The predicted octanol–water partition coefficient (Wildman–Crippen LogP) is 4.80. The standard InChI is InChI=1S/C27H27N5O5/c1-15-11-12-19(37-15)23-22(26(33)29-18-9-7-6-8-10-18)16(2)28-27-30-25(31-32(23)27)17-13-20(34-3)24(36-5)21(14-17)35-4/h6-14,23H,1-5H3,(H,29,33)(H,28,30,31). The zero-order valence-corrected chi connectivity index (χ0v) is 21.2. The molecule has 1 amide bonds. The van der Waals surface area contributed by atoms with Crippen molar-refractivity contribution in [3.05, 3.63) is 77.4 Å². The molecule has 0 radical (unpaired) electrons. The Morgan fingerprint density at radius 3 is 2.30 bits per heavy atom. The van der Waals surface area contributed by atoms with Gasteiger partial charge in [0.25, 0.3) is 5.91 Å². The van der Waals surface area contributed by atoms with Gasteiger partial charge in [-0.15, -0.1) is 5.10 Å². The molecule has 37 heavy (non-hydrogen) atoms. The maximum atomic E-state index is 13.5. The normalized spacial score (nSPS) is 14.6. The third kappa shape index (κ3) is 4.37. The number of anilines is 2. The molecule has 1 aliphatic rings. The Hall–Kier alpha value is -4.73. The summed E-state index contributed by atoms with van der Waals surface area (Å²) in [6.45, 7) is 3.69. The number of nitrogens with one attached hydrogen (secondary N) is 2. The largest absolute Gasteiger partial charge is 0.493 e. The molecule has 3 heterocycles. The molecule has 0 fully saturated rings. The van der Waals surface area contributed by atoms with Crippen LogP contribution in [0.25, 0.3) is 11.4 Å². The Morgan fingerprint density at radius 2 is 1.70 bits per heavy atom. The minimum absolute atomic E-state index is 0.272. The number of hydrogen-bond acceptors (Lipinski definition) is 8. The molecule has 190 valence electrons. The van der Waals surface area contributed by atoms with Crippen LogP contribution in [-0.2, 0) is 4.79 Å². The van der Waals surface area contributed by atoms with Crippen molar-refractivity contribution < 1.29 is 23.4 Å². The van der Waals surface area contributed by atoms with Gasteiger partial charge in [-0.2, -0.15) is 4.98 Å². The summed E-state index contributed by atoms with van der Waals surface area (Å²) in [7, 11) is 4.65. The number of aromatic nitrogens is 3. The highest BCUT2D eigenvalue weighted by Crippen LogP contribution is 2.42. The molecular formula is C27H27N5O5. The molecule has 10 heteroatoms. The van der Waals surface area contributed by atoms with Crippen LogP contribution in [-0.4, -0.2) is 42.0 Å². The summed E-state index contributed by atoms with van der Waals surface area (Å²) in [5.74, 6) is 3.33. The van der Waals surface area contributed by atoms with Crippen molar-refractivity contribution in [2.45, 2.75) is 19.9 Å². The van der Waals surface area contributed by atoms with E-state index < -0.39 is 6.04 Å². The topological polar surface area (TPSA) is 113 Å². The number of fused-ring (bicyclic) bond motifs is 1. The zero-order chi connectivity index (χ0) is 26.1. The van der Waals surface area contributed by atoms with E-state index in [9.17, 15) is 4.79 Å². The second-order valence-electron chi connectivity index (χ2n) is 8.45. The molecule has 2 N–H and O–H groups in total. The molecule has 0 saturated carbocycles. The molecule has 0 saturated heterocycles. The number of benzene rings is 2. The van der Waals surface area contributed by atoms with E-state index in [4.69, 9.17) is 28.7 Å². The van der Waals surface area contributed by atoms with Crippen molar-refractivity contribution >= 4 is 17.5 Å². The number of furan rings is 1. The fraction of sp³-hybridized carbons (Fsp3) is 0.222. The highest BCUT2D eigenvalue weighted by molar-refractivity contribution is 6.05. The fourth-order valence-electron chi connectivity index (χ4n) is 4.36. The van der Waals surface area contributed by atoms with Gasteiger partial charge in [-0.1, -0.05) is 18.2 Å². The second kappa shape index (κ2) is 9.73. The van der Waals surface area contributed by atoms with Gasteiger partial charge in [0.2, 0.25) is 11.7 Å². The van der Waals surface area contributed by atoms with Gasteiger partial charge in [0.15, 0.2) is 17.3 Å². The van der Waals surface area contributed by atoms with Crippen LogP contribution >= 0.6 is 0 Å². The highest BCUT2D eigenvalue weighted by atomic mass is 16.5. The summed E-state index contributed by atoms with van der Waals surface area (Å²) < 4.78 is 24.1. The summed E-state index contributed by atoms with van der Waals surface area (Å²) in [6, 6.07) is 15.9. The molecule has 1 atom stereocenters. The quantitative estimate of drug-likeness (QED) is 0.371. The SMILES string of the molecule is COc1cc(-c2nc3n(n2)C(c2ccc(C)o2)C(C(=O)Nc2ccccc2)=C(C)N3)cc(OC)c1OC. The molecule has 2 aromatic carbocycles. The van der Waals surface area contributed by atoms with Gasteiger partial charge < -0.3 is 29.3 Å². The zero-order valence-electron chi connectivity index (χ0n) is 21.2. The monoisotopic (exact) mass is 501 g/mol. The number of carbonyl (C=O) groups is 1. The Kier molecular flexibility index (Phi) is 6.31. The number of methoxy groups -OCH3 is 3. The Morgan fingerprint density at radius 1 is 1.00 bits per heavy atom. The lowest BCUT2D eigenvalue weighted by atomic mass is 10.00. The summed E-state index contributed by atoms with van der Waals surface area (Å²) in [5, 5.41) is 11.0. The number of ether oxygens (including phenoxy) is 3. The number of amides is 1. The lowest BCUT2D eigenvalue weighted by Gasteiger charge is -2.27. The van der Waals surface area contributed by atoms with Crippen LogP contribution in [0.5, 0.6) is 17.2 Å². The molecule has 1 unspecified atom stereocenters. The third-order valence-electron chi connectivity index (χ3n) is 6.08. The molecule has 5 rings (SSSR count). The summed E-state index contributed by atoms with van der Waals surface area (Å²) in [6.07, 6.45) is 0. The maximum absolute atomic E-state index is 13.5. The fourth-order valence-corrected chi connectivity index (χ4v) is 4.36. The van der Waals surface area contributed by atoms with E-state index in [0.717, 1.165) is 5.76 Å². The van der Waals surface area contributed by atoms with Gasteiger partial charge in [-0.25, -0.2) is 4.68 Å². The van der Waals surface area contributed by atoms with E-state index >= 15 is 0 Å². The molecule has 1 aliphatic heterocycles. The van der Waals surface area contributed by atoms with E-state index in [1.807, 2.05) is 56.3 Å². The van der Waals surface area contributed by atoms with Gasteiger partial charge in [-0.05, 0) is 50.2 Å². The molecule has 0 bridgehead atoms.